The number of rotatable bonds is 7. The SMILES string of the molecule is COc1cc2nc(CSCC(=O)NC(C)C)[nH]c(=O)c2cc1OC. The number of methoxy groups -OCH3 is 2. The fraction of sp³-hybridized carbons (Fsp3) is 0.438. The standard InChI is InChI=1S/C16H21N3O4S/c1-9(2)17-15(20)8-24-7-14-18-11-6-13(23-4)12(22-3)5-10(11)16(21)19-14/h5-6,9H,7-8H2,1-4H3,(H,17,20)(H,18,19,21). The Labute approximate surface area is 144 Å². The summed E-state index contributed by atoms with van der Waals surface area (Å²) >= 11 is 1.39. The maximum atomic E-state index is 12.2. The third-order valence-electron chi connectivity index (χ3n) is 3.18. The number of carbonyl (C=O) groups excluding carboxylic acids is 1. The van der Waals surface area contributed by atoms with E-state index in [0.29, 0.717) is 39.7 Å². The molecule has 1 heterocycles. The van der Waals surface area contributed by atoms with E-state index in [1.807, 2.05) is 13.8 Å². The lowest BCUT2D eigenvalue weighted by Crippen LogP contribution is -2.31. The second kappa shape index (κ2) is 8.05. The summed E-state index contributed by atoms with van der Waals surface area (Å²) in [6.07, 6.45) is 0. The lowest BCUT2D eigenvalue weighted by molar-refractivity contribution is -0.119. The summed E-state index contributed by atoms with van der Waals surface area (Å²) in [7, 11) is 3.04. The Morgan fingerprint density at radius 2 is 1.96 bits per heavy atom. The molecule has 2 rings (SSSR count). The number of aromatic nitrogens is 2. The van der Waals surface area contributed by atoms with Crippen molar-refractivity contribution in [3.8, 4) is 11.5 Å². The number of benzene rings is 1. The van der Waals surface area contributed by atoms with Crippen LogP contribution in [0.3, 0.4) is 0 Å². The first kappa shape index (κ1) is 18.1. The molecular weight excluding hydrogens is 330 g/mol. The molecule has 0 atom stereocenters. The molecule has 0 bridgehead atoms. The van der Waals surface area contributed by atoms with Crippen LogP contribution in [0.15, 0.2) is 16.9 Å². The number of ether oxygens (including phenoxy) is 2. The first-order chi connectivity index (χ1) is 11.4. The van der Waals surface area contributed by atoms with Gasteiger partial charge >= 0.3 is 0 Å². The Morgan fingerprint density at radius 3 is 2.58 bits per heavy atom. The number of amides is 1. The predicted octanol–water partition coefficient (Wildman–Crippen LogP) is 1.70. The van der Waals surface area contributed by atoms with Gasteiger partial charge in [-0.05, 0) is 19.9 Å². The van der Waals surface area contributed by atoms with Crippen LogP contribution in [0.2, 0.25) is 0 Å². The second-order valence-electron chi connectivity index (χ2n) is 5.45. The maximum absolute atomic E-state index is 12.2. The zero-order chi connectivity index (χ0) is 17.7. The minimum atomic E-state index is -0.247. The van der Waals surface area contributed by atoms with Gasteiger partial charge < -0.3 is 19.8 Å². The van der Waals surface area contributed by atoms with Gasteiger partial charge in [0.25, 0.3) is 5.56 Å². The van der Waals surface area contributed by atoms with E-state index in [1.54, 1.807) is 12.1 Å². The van der Waals surface area contributed by atoms with Crippen LogP contribution in [0, 0.1) is 0 Å². The Balaban J connectivity index is 2.18. The molecule has 24 heavy (non-hydrogen) atoms. The molecule has 2 N–H and O–H groups in total. The van der Waals surface area contributed by atoms with Gasteiger partial charge in [0.1, 0.15) is 5.82 Å². The largest absolute Gasteiger partial charge is 0.493 e. The maximum Gasteiger partial charge on any atom is 0.258 e. The molecule has 0 spiro atoms. The summed E-state index contributed by atoms with van der Waals surface area (Å²) in [4.78, 5) is 31.0. The minimum absolute atomic E-state index is 0.0375. The first-order valence-electron chi connectivity index (χ1n) is 7.46. The van der Waals surface area contributed by atoms with Gasteiger partial charge in [0.15, 0.2) is 11.5 Å². The molecule has 1 aromatic carbocycles. The van der Waals surface area contributed by atoms with E-state index in [4.69, 9.17) is 9.47 Å². The lowest BCUT2D eigenvalue weighted by Gasteiger charge is -2.10. The fourth-order valence-corrected chi connectivity index (χ4v) is 2.89. The summed E-state index contributed by atoms with van der Waals surface area (Å²) in [5.41, 5.74) is 0.279. The monoisotopic (exact) mass is 351 g/mol. The van der Waals surface area contributed by atoms with Crippen LogP contribution in [-0.2, 0) is 10.5 Å². The number of nitrogens with one attached hydrogen (secondary N) is 2. The van der Waals surface area contributed by atoms with Gasteiger partial charge in [0.05, 0.1) is 36.6 Å². The molecule has 8 heteroatoms. The van der Waals surface area contributed by atoms with Gasteiger partial charge in [-0.2, -0.15) is 0 Å². The van der Waals surface area contributed by atoms with Crippen molar-refractivity contribution in [3.05, 3.63) is 28.3 Å². The molecular formula is C16H21N3O4S. The highest BCUT2D eigenvalue weighted by molar-refractivity contribution is 7.99. The number of thioether (sulfide) groups is 1. The van der Waals surface area contributed by atoms with E-state index < -0.39 is 0 Å². The van der Waals surface area contributed by atoms with Crippen molar-refractivity contribution in [2.24, 2.45) is 0 Å². The van der Waals surface area contributed by atoms with Crippen LogP contribution in [0.1, 0.15) is 19.7 Å². The van der Waals surface area contributed by atoms with Crippen LogP contribution in [-0.4, -0.2) is 41.9 Å². The van der Waals surface area contributed by atoms with Gasteiger partial charge in [-0.1, -0.05) is 0 Å². The second-order valence-corrected chi connectivity index (χ2v) is 6.44. The van der Waals surface area contributed by atoms with E-state index in [9.17, 15) is 9.59 Å². The van der Waals surface area contributed by atoms with Crippen LogP contribution in [0.5, 0.6) is 11.5 Å². The summed E-state index contributed by atoms with van der Waals surface area (Å²) in [5.74, 6) is 2.21. The molecule has 0 saturated heterocycles. The van der Waals surface area contributed by atoms with Gasteiger partial charge in [0.2, 0.25) is 5.91 Å². The van der Waals surface area contributed by atoms with Crippen LogP contribution in [0.25, 0.3) is 10.9 Å². The lowest BCUT2D eigenvalue weighted by atomic mass is 10.2. The highest BCUT2D eigenvalue weighted by Gasteiger charge is 2.11. The van der Waals surface area contributed by atoms with Crippen molar-refractivity contribution in [2.45, 2.75) is 25.6 Å². The van der Waals surface area contributed by atoms with Crippen molar-refractivity contribution in [1.82, 2.24) is 15.3 Å². The molecule has 1 aromatic heterocycles. The van der Waals surface area contributed by atoms with E-state index in [2.05, 4.69) is 15.3 Å². The van der Waals surface area contributed by atoms with E-state index in [1.165, 1.54) is 26.0 Å². The van der Waals surface area contributed by atoms with Crippen molar-refractivity contribution in [2.75, 3.05) is 20.0 Å². The Kier molecular flexibility index (Phi) is 6.08. The third-order valence-corrected chi connectivity index (χ3v) is 4.13. The molecule has 0 aliphatic carbocycles. The van der Waals surface area contributed by atoms with Gasteiger partial charge in [-0.25, -0.2) is 4.98 Å². The van der Waals surface area contributed by atoms with Crippen LogP contribution >= 0.6 is 11.8 Å². The number of hydrogen-bond acceptors (Lipinski definition) is 6. The van der Waals surface area contributed by atoms with Gasteiger partial charge in [-0.3, -0.25) is 9.59 Å². The van der Waals surface area contributed by atoms with Crippen molar-refractivity contribution in [3.63, 3.8) is 0 Å². The quantitative estimate of drug-likeness (QED) is 0.789. The van der Waals surface area contributed by atoms with Crippen LogP contribution < -0.4 is 20.3 Å². The number of hydrogen-bond donors (Lipinski definition) is 2. The number of H-pyrrole nitrogens is 1. The van der Waals surface area contributed by atoms with Crippen molar-refractivity contribution >= 4 is 28.6 Å². The number of aromatic amines is 1. The average Bonchev–Trinajstić information content (AvgIpc) is 2.53. The molecule has 2 aromatic rings. The predicted molar refractivity (Wildman–Crippen MR) is 94.9 cm³/mol. The third kappa shape index (κ3) is 4.41. The fourth-order valence-electron chi connectivity index (χ4n) is 2.19. The minimum Gasteiger partial charge on any atom is -0.493 e. The number of nitrogens with zero attached hydrogens (tertiary/aromatic N) is 1. The van der Waals surface area contributed by atoms with Gasteiger partial charge in [-0.15, -0.1) is 11.8 Å². The molecule has 0 radical (unpaired) electrons. The zero-order valence-corrected chi connectivity index (χ0v) is 15.0. The van der Waals surface area contributed by atoms with Gasteiger partial charge in [0, 0.05) is 12.1 Å². The summed E-state index contributed by atoms with van der Waals surface area (Å²) in [6.45, 7) is 3.82. The summed E-state index contributed by atoms with van der Waals surface area (Å²) in [5, 5.41) is 3.24. The Bertz CT molecular complexity index is 789. The molecule has 0 saturated carbocycles. The highest BCUT2D eigenvalue weighted by atomic mass is 32.2. The van der Waals surface area contributed by atoms with Crippen molar-refractivity contribution < 1.29 is 14.3 Å². The normalized spacial score (nSPS) is 10.9. The molecule has 1 amide bonds. The molecule has 0 aliphatic rings. The topological polar surface area (TPSA) is 93.3 Å². The highest BCUT2D eigenvalue weighted by Crippen LogP contribution is 2.30. The molecule has 7 nitrogen and oxygen atoms in total. The summed E-state index contributed by atoms with van der Waals surface area (Å²) in [6, 6.07) is 3.38. The van der Waals surface area contributed by atoms with E-state index in [0.717, 1.165) is 0 Å². The molecule has 0 unspecified atom stereocenters. The number of fused-ring (bicyclic) bond motifs is 1. The summed E-state index contributed by atoms with van der Waals surface area (Å²) < 4.78 is 10.4. The molecule has 0 fully saturated rings. The van der Waals surface area contributed by atoms with E-state index >= 15 is 0 Å². The molecule has 0 aliphatic heterocycles. The molecule has 130 valence electrons. The first-order valence-corrected chi connectivity index (χ1v) is 8.62. The Morgan fingerprint density at radius 1 is 1.29 bits per heavy atom. The average molecular weight is 351 g/mol. The van der Waals surface area contributed by atoms with Crippen molar-refractivity contribution in [1.29, 1.82) is 0 Å². The van der Waals surface area contributed by atoms with E-state index in [-0.39, 0.29) is 17.5 Å². The number of carbonyl (C=O) groups is 1. The Hall–Kier alpha value is -2.22. The smallest absolute Gasteiger partial charge is 0.258 e. The zero-order valence-electron chi connectivity index (χ0n) is 14.1. The van der Waals surface area contributed by atoms with Crippen LogP contribution in [0.4, 0.5) is 0 Å².